The average Bonchev–Trinajstić information content (AvgIpc) is 4.19. The number of hydrogen-bond donors (Lipinski definition) is 0. The van der Waals surface area contributed by atoms with E-state index in [9.17, 15) is 0 Å². The molecule has 10 heteroatoms. The quantitative estimate of drug-likeness (QED) is 0.174. The zero-order chi connectivity index (χ0) is 40.5. The van der Waals surface area contributed by atoms with Gasteiger partial charge in [-0.3, -0.25) is 13.7 Å². The van der Waals surface area contributed by atoms with Crippen LogP contribution in [0.3, 0.4) is 0 Å². The normalized spacial score (nSPS) is 13.0. The molecule has 0 N–H and O–H groups in total. The largest absolute Gasteiger partial charge is 0.303 e. The molecule has 0 bridgehead atoms. The van der Waals surface area contributed by atoms with Crippen molar-refractivity contribution < 1.29 is 0 Å². The third-order valence-electron chi connectivity index (χ3n) is 12.8. The molecule has 292 valence electrons. The Labute approximate surface area is 353 Å². The van der Waals surface area contributed by atoms with Crippen LogP contribution in [0.5, 0.6) is 0 Å². The Balaban J connectivity index is 1.06. The molecule has 0 atom stereocenters. The van der Waals surface area contributed by atoms with Crippen LogP contribution in [-0.4, -0.2) is 47.6 Å². The van der Waals surface area contributed by atoms with E-state index in [0.29, 0.717) is 0 Å². The molecule has 1 aliphatic rings. The Bertz CT molecular complexity index is 3880. The van der Waals surface area contributed by atoms with E-state index < -0.39 is 0 Å². The summed E-state index contributed by atoms with van der Waals surface area (Å²) in [5.41, 5.74) is 17.0. The lowest BCUT2D eigenvalue weighted by atomic mass is 10.1. The number of aromatic nitrogens is 10. The first-order valence-electron chi connectivity index (χ1n) is 20.9. The predicted octanol–water partition coefficient (Wildman–Crippen LogP) is 11.4. The molecule has 0 aliphatic heterocycles. The highest BCUT2D eigenvalue weighted by molar-refractivity contribution is 6.13. The third kappa shape index (κ3) is 4.68. The van der Waals surface area contributed by atoms with Gasteiger partial charge < -0.3 is 4.57 Å². The topological polar surface area (TPSA) is 81.1 Å². The number of hydrogen-bond acceptors (Lipinski definition) is 4. The van der Waals surface area contributed by atoms with E-state index in [1.165, 1.54) is 5.69 Å². The van der Waals surface area contributed by atoms with Crippen LogP contribution in [0.4, 0.5) is 0 Å². The first-order valence-corrected chi connectivity index (χ1v) is 20.9. The Hall–Kier alpha value is -8.50. The summed E-state index contributed by atoms with van der Waals surface area (Å²) in [6.07, 6.45) is 14.1. The number of benzene rings is 7. The Morgan fingerprint density at radius 2 is 0.726 bits per heavy atom. The van der Waals surface area contributed by atoms with Gasteiger partial charge in [-0.1, -0.05) is 42.5 Å². The Morgan fingerprint density at radius 3 is 1.15 bits per heavy atom. The van der Waals surface area contributed by atoms with Crippen LogP contribution in [0.15, 0.2) is 177 Å². The van der Waals surface area contributed by atoms with Gasteiger partial charge >= 0.3 is 0 Å². The first kappa shape index (κ1) is 33.3. The first-order chi connectivity index (χ1) is 30.7. The van der Waals surface area contributed by atoms with Gasteiger partial charge in [-0.2, -0.15) is 0 Å². The highest BCUT2D eigenvalue weighted by Gasteiger charge is 2.22. The van der Waals surface area contributed by atoms with E-state index in [2.05, 4.69) is 167 Å². The SMILES string of the molecule is C1=Cc2ncn(-c3ccc4c(c3)c3cc(-n5cnc6ccccc65)ccc3n4-n3c4ccc(-n5cnc6ccccc65)cc4c4cc(-n5cnc6ccccc65)ccc43)c2CC1. The van der Waals surface area contributed by atoms with Gasteiger partial charge in [0.2, 0.25) is 0 Å². The van der Waals surface area contributed by atoms with Crippen LogP contribution in [0, 0.1) is 0 Å². The van der Waals surface area contributed by atoms with E-state index >= 15 is 0 Å². The van der Waals surface area contributed by atoms with Gasteiger partial charge in [-0.05, 0) is 128 Å². The molecule has 0 amide bonds. The molecule has 14 rings (SSSR count). The number of rotatable bonds is 5. The van der Waals surface area contributed by atoms with Gasteiger partial charge in [0.05, 0.1) is 66.6 Å². The molecular weight excluding hydrogens is 765 g/mol. The zero-order valence-electron chi connectivity index (χ0n) is 33.2. The highest BCUT2D eigenvalue weighted by atomic mass is 15.5. The van der Waals surface area contributed by atoms with Gasteiger partial charge in [0, 0.05) is 44.3 Å². The van der Waals surface area contributed by atoms with Crippen molar-refractivity contribution in [3.05, 3.63) is 188 Å². The summed E-state index contributed by atoms with van der Waals surface area (Å²) in [6, 6.07) is 52.1. The van der Waals surface area contributed by atoms with Crippen molar-refractivity contribution in [2.45, 2.75) is 12.8 Å². The number of fused-ring (bicyclic) bond motifs is 10. The van der Waals surface area contributed by atoms with Crippen molar-refractivity contribution in [1.29, 1.82) is 0 Å². The molecule has 0 fully saturated rings. The number of nitrogens with zero attached hydrogens (tertiary/aromatic N) is 10. The van der Waals surface area contributed by atoms with E-state index in [0.717, 1.165) is 118 Å². The fraction of sp³-hybridized carbons (Fsp3) is 0.0385. The maximum absolute atomic E-state index is 4.80. The van der Waals surface area contributed by atoms with Crippen LogP contribution in [0.2, 0.25) is 0 Å². The molecule has 6 heterocycles. The summed E-state index contributed by atoms with van der Waals surface area (Å²) >= 11 is 0. The van der Waals surface area contributed by atoms with Gasteiger partial charge in [0.25, 0.3) is 0 Å². The van der Waals surface area contributed by atoms with E-state index in [4.69, 9.17) is 19.9 Å². The lowest BCUT2D eigenvalue weighted by Gasteiger charge is -2.15. The summed E-state index contributed by atoms with van der Waals surface area (Å²) in [4.78, 5) is 19.0. The standard InChI is InChI=1S/C52H34N10/c1-5-13-49-41(9-1)53-29-57(49)33-17-21-45-37(25-33)38-26-34(58-30-54-42-10-2-6-14-50(42)58)18-22-46(38)61(45)62-47-23-19-35(59-31-55-43-11-3-7-15-51(43)59)27-39(47)40-28-36(20-24-48(40)62)60-32-56-44-12-4-8-16-52(44)60/h1-7,9-15,17-32H,8,16H2. The fourth-order valence-corrected chi connectivity index (χ4v) is 9.90. The molecule has 10 nitrogen and oxygen atoms in total. The van der Waals surface area contributed by atoms with Gasteiger partial charge in [-0.25, -0.2) is 29.3 Å². The second-order valence-electron chi connectivity index (χ2n) is 16.1. The maximum atomic E-state index is 4.80. The summed E-state index contributed by atoms with van der Waals surface area (Å²) in [5, 5.41) is 4.56. The Morgan fingerprint density at radius 1 is 0.355 bits per heavy atom. The van der Waals surface area contributed by atoms with E-state index in [1.54, 1.807) is 0 Å². The molecule has 6 aromatic heterocycles. The van der Waals surface area contributed by atoms with Crippen LogP contribution >= 0.6 is 0 Å². The molecule has 0 radical (unpaired) electrons. The predicted molar refractivity (Wildman–Crippen MR) is 248 cm³/mol. The molecule has 0 unspecified atom stereocenters. The second-order valence-corrected chi connectivity index (χ2v) is 16.1. The summed E-state index contributed by atoms with van der Waals surface area (Å²) in [6.45, 7) is 0. The van der Waals surface area contributed by atoms with Crippen molar-refractivity contribution >= 4 is 82.8 Å². The monoisotopic (exact) mass is 798 g/mol. The fourth-order valence-electron chi connectivity index (χ4n) is 9.90. The van der Waals surface area contributed by atoms with Crippen LogP contribution < -0.4 is 0 Å². The average molecular weight is 799 g/mol. The molecule has 0 saturated heterocycles. The minimum absolute atomic E-state index is 0.957. The van der Waals surface area contributed by atoms with Gasteiger partial charge in [0.15, 0.2) is 0 Å². The Kier molecular flexibility index (Phi) is 6.73. The summed E-state index contributed by atoms with van der Waals surface area (Å²) in [5.74, 6) is 0. The second kappa shape index (κ2) is 12.5. The zero-order valence-corrected chi connectivity index (χ0v) is 33.2. The van der Waals surface area contributed by atoms with Gasteiger partial charge in [-0.15, -0.1) is 0 Å². The molecule has 0 spiro atoms. The minimum atomic E-state index is 0.957. The lowest BCUT2D eigenvalue weighted by Crippen LogP contribution is -2.09. The van der Waals surface area contributed by atoms with E-state index in [-0.39, 0.29) is 0 Å². The maximum Gasteiger partial charge on any atom is 0.100 e. The molecule has 62 heavy (non-hydrogen) atoms. The van der Waals surface area contributed by atoms with Crippen LogP contribution in [0.1, 0.15) is 17.8 Å². The van der Waals surface area contributed by atoms with Crippen LogP contribution in [0.25, 0.3) is 106 Å². The van der Waals surface area contributed by atoms with Crippen molar-refractivity contribution in [3.63, 3.8) is 0 Å². The van der Waals surface area contributed by atoms with E-state index in [1.807, 2.05) is 43.5 Å². The molecular formula is C52H34N10. The van der Waals surface area contributed by atoms with Crippen molar-refractivity contribution in [2.75, 3.05) is 0 Å². The molecule has 0 saturated carbocycles. The number of allylic oxidation sites excluding steroid dienone is 1. The van der Waals surface area contributed by atoms with Crippen LogP contribution in [-0.2, 0) is 6.42 Å². The van der Waals surface area contributed by atoms with Crippen molar-refractivity contribution in [3.8, 4) is 22.7 Å². The van der Waals surface area contributed by atoms with Gasteiger partial charge in [0.1, 0.15) is 25.3 Å². The summed E-state index contributed by atoms with van der Waals surface area (Å²) in [7, 11) is 0. The summed E-state index contributed by atoms with van der Waals surface area (Å²) < 4.78 is 13.6. The molecule has 1 aliphatic carbocycles. The molecule has 7 aromatic carbocycles. The number of imidazole rings is 4. The minimum Gasteiger partial charge on any atom is -0.303 e. The highest BCUT2D eigenvalue weighted by Crippen LogP contribution is 2.39. The lowest BCUT2D eigenvalue weighted by molar-refractivity contribution is 0.774. The smallest absolute Gasteiger partial charge is 0.100 e. The van der Waals surface area contributed by atoms with Crippen molar-refractivity contribution in [1.82, 2.24) is 47.6 Å². The molecule has 13 aromatic rings. The van der Waals surface area contributed by atoms with Crippen molar-refractivity contribution in [2.24, 2.45) is 0 Å². The third-order valence-corrected chi connectivity index (χ3v) is 12.8. The number of para-hydroxylation sites is 6.